The summed E-state index contributed by atoms with van der Waals surface area (Å²) in [5.74, 6) is 0. The number of hydrogen-bond acceptors (Lipinski definition) is 3. The number of nitriles is 1. The van der Waals surface area contributed by atoms with Gasteiger partial charge >= 0.3 is 0 Å². The third kappa shape index (κ3) is 2.54. The first-order valence-electron chi connectivity index (χ1n) is 3.88. The van der Waals surface area contributed by atoms with Gasteiger partial charge in [-0.05, 0) is 29.9 Å². The van der Waals surface area contributed by atoms with Crippen molar-refractivity contribution >= 4 is 15.9 Å². The summed E-state index contributed by atoms with van der Waals surface area (Å²) >= 11 is 3.30. The van der Waals surface area contributed by atoms with Crippen molar-refractivity contribution in [3.05, 3.63) is 16.9 Å². The van der Waals surface area contributed by atoms with E-state index in [9.17, 15) is 0 Å². The minimum absolute atomic E-state index is 0.533. The van der Waals surface area contributed by atoms with Gasteiger partial charge in [0.15, 0.2) is 0 Å². The van der Waals surface area contributed by atoms with Crippen LogP contribution in [0.25, 0.3) is 0 Å². The number of rotatable bonds is 3. The fourth-order valence-corrected chi connectivity index (χ4v) is 1.25. The van der Waals surface area contributed by atoms with Crippen LogP contribution < -0.4 is 5.32 Å². The first-order chi connectivity index (χ1) is 6.09. The molecule has 0 amide bonds. The molecule has 13 heavy (non-hydrogen) atoms. The predicted octanol–water partition coefficient (Wildman–Crippen LogP) is 1.15. The first-order valence-corrected chi connectivity index (χ1v) is 4.67. The van der Waals surface area contributed by atoms with Crippen LogP contribution in [0.3, 0.4) is 0 Å². The van der Waals surface area contributed by atoms with E-state index < -0.39 is 5.54 Å². The van der Waals surface area contributed by atoms with Crippen LogP contribution in [0.1, 0.15) is 6.92 Å². The minimum atomic E-state index is -0.564. The van der Waals surface area contributed by atoms with Gasteiger partial charge in [0.2, 0.25) is 0 Å². The summed E-state index contributed by atoms with van der Waals surface area (Å²) < 4.78 is 2.65. The normalized spacial score (nSPS) is 14.9. The molecule has 0 aliphatic rings. The van der Waals surface area contributed by atoms with E-state index in [2.05, 4.69) is 32.4 Å². The molecule has 1 rings (SSSR count). The van der Waals surface area contributed by atoms with Crippen molar-refractivity contribution in [2.24, 2.45) is 0 Å². The maximum atomic E-state index is 8.89. The topological polar surface area (TPSA) is 53.6 Å². The van der Waals surface area contributed by atoms with E-state index in [1.54, 1.807) is 17.9 Å². The maximum absolute atomic E-state index is 8.89. The lowest BCUT2D eigenvalue weighted by Crippen LogP contribution is -2.42. The van der Waals surface area contributed by atoms with Crippen LogP contribution in [-0.4, -0.2) is 22.4 Å². The second-order valence-corrected chi connectivity index (χ2v) is 3.97. The Bertz CT molecular complexity index is 327. The largest absolute Gasteiger partial charge is 0.301 e. The van der Waals surface area contributed by atoms with Crippen LogP contribution in [0.2, 0.25) is 0 Å². The second-order valence-electron chi connectivity index (χ2n) is 3.05. The van der Waals surface area contributed by atoms with Gasteiger partial charge in [-0.15, -0.1) is 0 Å². The Morgan fingerprint density at radius 1 is 1.85 bits per heavy atom. The Morgan fingerprint density at radius 2 is 2.54 bits per heavy atom. The SMILES string of the molecule is CN[C@@](C)(C#N)Cn1cc(Br)cn1. The van der Waals surface area contributed by atoms with Gasteiger partial charge in [0.25, 0.3) is 0 Å². The average molecular weight is 243 g/mol. The number of nitrogens with one attached hydrogen (secondary N) is 1. The van der Waals surface area contributed by atoms with E-state index in [0.29, 0.717) is 6.54 Å². The van der Waals surface area contributed by atoms with E-state index in [-0.39, 0.29) is 0 Å². The molecule has 0 spiro atoms. The summed E-state index contributed by atoms with van der Waals surface area (Å²) in [7, 11) is 1.77. The van der Waals surface area contributed by atoms with Gasteiger partial charge in [0.05, 0.1) is 23.3 Å². The van der Waals surface area contributed by atoms with Crippen LogP contribution in [0, 0.1) is 11.3 Å². The zero-order chi connectivity index (χ0) is 9.90. The highest BCUT2D eigenvalue weighted by molar-refractivity contribution is 9.10. The summed E-state index contributed by atoms with van der Waals surface area (Å²) in [5.41, 5.74) is -0.564. The van der Waals surface area contributed by atoms with E-state index in [0.717, 1.165) is 4.47 Å². The van der Waals surface area contributed by atoms with Crippen molar-refractivity contribution in [2.45, 2.75) is 19.0 Å². The van der Waals surface area contributed by atoms with Gasteiger partial charge in [0, 0.05) is 6.20 Å². The zero-order valence-corrected chi connectivity index (χ0v) is 9.17. The van der Waals surface area contributed by atoms with E-state index in [4.69, 9.17) is 5.26 Å². The number of nitrogens with zero attached hydrogens (tertiary/aromatic N) is 3. The summed E-state index contributed by atoms with van der Waals surface area (Å²) in [6.07, 6.45) is 3.54. The van der Waals surface area contributed by atoms with Crippen molar-refractivity contribution in [3.63, 3.8) is 0 Å². The molecule has 0 saturated carbocycles. The molecule has 0 radical (unpaired) electrons. The molecule has 5 heteroatoms. The molecule has 0 fully saturated rings. The monoisotopic (exact) mass is 242 g/mol. The van der Waals surface area contributed by atoms with Gasteiger partial charge in [-0.3, -0.25) is 4.68 Å². The molecular weight excluding hydrogens is 232 g/mol. The van der Waals surface area contributed by atoms with Gasteiger partial charge in [-0.25, -0.2) is 0 Å². The smallest absolute Gasteiger partial charge is 0.123 e. The van der Waals surface area contributed by atoms with Crippen LogP contribution in [0.5, 0.6) is 0 Å². The second kappa shape index (κ2) is 3.90. The zero-order valence-electron chi connectivity index (χ0n) is 7.58. The fraction of sp³-hybridized carbons (Fsp3) is 0.500. The molecule has 1 aromatic heterocycles. The Balaban J connectivity index is 2.74. The van der Waals surface area contributed by atoms with Gasteiger partial charge in [0.1, 0.15) is 5.54 Å². The standard InChI is InChI=1S/C8H11BrN4/c1-8(5-10,11-2)6-13-4-7(9)3-12-13/h3-4,11H,6H2,1-2H3/t8-/m0/s1. The van der Waals surface area contributed by atoms with Gasteiger partial charge in [-0.1, -0.05) is 0 Å². The molecule has 0 aliphatic heterocycles. The van der Waals surface area contributed by atoms with Gasteiger partial charge < -0.3 is 5.32 Å². The Kier molecular flexibility index (Phi) is 3.07. The Morgan fingerprint density at radius 3 is 2.92 bits per heavy atom. The molecule has 1 N–H and O–H groups in total. The third-order valence-electron chi connectivity index (χ3n) is 1.88. The molecule has 70 valence electrons. The van der Waals surface area contributed by atoms with Crippen molar-refractivity contribution < 1.29 is 0 Å². The molecule has 0 bridgehead atoms. The van der Waals surface area contributed by atoms with Crippen molar-refractivity contribution in [1.82, 2.24) is 15.1 Å². The predicted molar refractivity (Wildman–Crippen MR) is 53.0 cm³/mol. The molecule has 0 aliphatic carbocycles. The quantitative estimate of drug-likeness (QED) is 0.866. The number of hydrogen-bond donors (Lipinski definition) is 1. The molecule has 0 saturated heterocycles. The van der Waals surface area contributed by atoms with Crippen LogP contribution in [0.15, 0.2) is 16.9 Å². The van der Waals surface area contributed by atoms with Gasteiger partial charge in [-0.2, -0.15) is 10.4 Å². The molecule has 1 atom stereocenters. The molecule has 0 aromatic carbocycles. The molecular formula is C8H11BrN4. The van der Waals surface area contributed by atoms with Crippen molar-refractivity contribution in [2.75, 3.05) is 7.05 Å². The summed E-state index contributed by atoms with van der Waals surface area (Å²) in [6, 6.07) is 2.20. The molecule has 0 unspecified atom stereocenters. The summed E-state index contributed by atoms with van der Waals surface area (Å²) in [6.45, 7) is 2.37. The molecule has 1 heterocycles. The lowest BCUT2D eigenvalue weighted by molar-refractivity contribution is 0.396. The van der Waals surface area contributed by atoms with Crippen molar-refractivity contribution in [1.29, 1.82) is 5.26 Å². The summed E-state index contributed by atoms with van der Waals surface area (Å²) in [4.78, 5) is 0. The number of aromatic nitrogens is 2. The summed E-state index contributed by atoms with van der Waals surface area (Å²) in [5, 5.41) is 15.9. The highest BCUT2D eigenvalue weighted by Gasteiger charge is 2.21. The highest BCUT2D eigenvalue weighted by atomic mass is 79.9. The minimum Gasteiger partial charge on any atom is -0.301 e. The van der Waals surface area contributed by atoms with Crippen LogP contribution in [0.4, 0.5) is 0 Å². The fourth-order valence-electron chi connectivity index (χ4n) is 0.919. The van der Waals surface area contributed by atoms with Crippen LogP contribution in [-0.2, 0) is 6.54 Å². The molecule has 1 aromatic rings. The first kappa shape index (κ1) is 10.2. The van der Waals surface area contributed by atoms with Crippen molar-refractivity contribution in [3.8, 4) is 6.07 Å². The number of likely N-dealkylation sites (N-methyl/N-ethyl adjacent to an activating group) is 1. The Hall–Kier alpha value is -0.860. The molecule has 4 nitrogen and oxygen atoms in total. The Labute approximate surface area is 85.7 Å². The van der Waals surface area contributed by atoms with Crippen LogP contribution >= 0.6 is 15.9 Å². The third-order valence-corrected chi connectivity index (χ3v) is 2.29. The maximum Gasteiger partial charge on any atom is 0.123 e. The van der Waals surface area contributed by atoms with E-state index in [1.807, 2.05) is 13.1 Å². The highest BCUT2D eigenvalue weighted by Crippen LogP contribution is 2.10. The van der Waals surface area contributed by atoms with E-state index in [1.165, 1.54) is 0 Å². The average Bonchev–Trinajstić information content (AvgIpc) is 2.51. The number of halogens is 1. The lowest BCUT2D eigenvalue weighted by Gasteiger charge is -2.20. The lowest BCUT2D eigenvalue weighted by atomic mass is 10.1. The van der Waals surface area contributed by atoms with E-state index >= 15 is 0 Å².